The highest BCUT2D eigenvalue weighted by molar-refractivity contribution is 6.18. The van der Waals surface area contributed by atoms with E-state index < -0.39 is 11.9 Å². The van der Waals surface area contributed by atoms with Crippen molar-refractivity contribution in [3.05, 3.63) is 0 Å². The highest BCUT2D eigenvalue weighted by atomic mass is 35.5. The highest BCUT2D eigenvalue weighted by Crippen LogP contribution is 2.26. The van der Waals surface area contributed by atoms with Gasteiger partial charge in [0.05, 0.1) is 12.2 Å². The van der Waals surface area contributed by atoms with Crippen molar-refractivity contribution in [3.8, 4) is 6.07 Å². The van der Waals surface area contributed by atoms with Gasteiger partial charge in [0, 0.05) is 12.3 Å². The Morgan fingerprint density at radius 1 is 1.58 bits per heavy atom. The first-order valence-electron chi connectivity index (χ1n) is 3.88. The van der Waals surface area contributed by atoms with Gasteiger partial charge in [-0.1, -0.05) is 0 Å². The minimum Gasteiger partial charge on any atom is -0.346 e. The maximum absolute atomic E-state index is 8.66. The van der Waals surface area contributed by atoms with Crippen LogP contribution in [0.5, 0.6) is 0 Å². The van der Waals surface area contributed by atoms with Gasteiger partial charge in [0.15, 0.2) is 5.79 Å². The fourth-order valence-corrected chi connectivity index (χ4v) is 1.47. The van der Waals surface area contributed by atoms with Gasteiger partial charge in [-0.3, -0.25) is 0 Å². The lowest BCUT2D eigenvalue weighted by Gasteiger charge is -2.37. The van der Waals surface area contributed by atoms with Crippen molar-refractivity contribution in [2.75, 3.05) is 5.88 Å². The molecule has 1 fully saturated rings. The van der Waals surface area contributed by atoms with Crippen molar-refractivity contribution < 1.29 is 9.47 Å². The first kappa shape index (κ1) is 9.79. The molecule has 0 aromatic rings. The van der Waals surface area contributed by atoms with E-state index in [4.69, 9.17) is 26.3 Å². The monoisotopic (exact) mass is 189 g/mol. The Morgan fingerprint density at radius 3 is 2.75 bits per heavy atom. The van der Waals surface area contributed by atoms with Crippen LogP contribution in [0.1, 0.15) is 20.3 Å². The van der Waals surface area contributed by atoms with Crippen molar-refractivity contribution in [1.29, 1.82) is 5.26 Å². The fraction of sp³-hybridized carbons (Fsp3) is 0.875. The van der Waals surface area contributed by atoms with Crippen LogP contribution in [0.4, 0.5) is 0 Å². The van der Waals surface area contributed by atoms with Gasteiger partial charge in [0.25, 0.3) is 0 Å². The molecule has 0 aromatic heterocycles. The number of hydrogen-bond acceptors (Lipinski definition) is 3. The molecule has 1 aliphatic rings. The van der Waals surface area contributed by atoms with Crippen LogP contribution in [0.3, 0.4) is 0 Å². The molecule has 0 unspecified atom stereocenters. The zero-order valence-corrected chi connectivity index (χ0v) is 7.97. The first-order valence-corrected chi connectivity index (χ1v) is 4.42. The Hall–Kier alpha value is -0.300. The number of hydrogen-bond donors (Lipinski definition) is 0. The molecule has 0 aliphatic carbocycles. The summed E-state index contributed by atoms with van der Waals surface area (Å²) >= 11 is 5.64. The second kappa shape index (κ2) is 3.61. The molecule has 0 aromatic carbocycles. The van der Waals surface area contributed by atoms with E-state index in [2.05, 4.69) is 6.07 Å². The Bertz CT molecular complexity index is 200. The molecule has 68 valence electrons. The van der Waals surface area contributed by atoms with E-state index in [-0.39, 0.29) is 6.10 Å². The molecule has 12 heavy (non-hydrogen) atoms. The average Bonchev–Trinajstić information content (AvgIpc) is 2.01. The molecule has 0 saturated carbocycles. The van der Waals surface area contributed by atoms with Crippen LogP contribution in [-0.4, -0.2) is 23.9 Å². The summed E-state index contributed by atoms with van der Waals surface area (Å²) in [5.41, 5.74) is 0. The summed E-state index contributed by atoms with van der Waals surface area (Å²) in [5.74, 6) is -0.275. The number of nitrogens with zero attached hydrogens (tertiary/aromatic N) is 1. The van der Waals surface area contributed by atoms with Crippen LogP contribution in [0, 0.1) is 11.3 Å². The topological polar surface area (TPSA) is 42.2 Å². The van der Waals surface area contributed by atoms with Crippen molar-refractivity contribution in [3.63, 3.8) is 0 Å². The predicted octanol–water partition coefficient (Wildman–Crippen LogP) is 1.66. The van der Waals surface area contributed by atoms with E-state index in [0.717, 1.165) is 0 Å². The molecule has 1 aliphatic heterocycles. The Labute approximate surface area is 77.2 Å². The SMILES string of the molecule is CC1(C)O[C@@H](CCl)C[C@@H](C#N)O1. The third kappa shape index (κ3) is 2.34. The normalized spacial score (nSPS) is 34.2. The smallest absolute Gasteiger partial charge is 0.164 e. The van der Waals surface area contributed by atoms with Crippen LogP contribution < -0.4 is 0 Å². The number of alkyl halides is 1. The van der Waals surface area contributed by atoms with Gasteiger partial charge >= 0.3 is 0 Å². The maximum atomic E-state index is 8.66. The molecule has 0 spiro atoms. The van der Waals surface area contributed by atoms with E-state index in [1.807, 2.05) is 0 Å². The lowest BCUT2D eigenvalue weighted by atomic mass is 10.1. The number of halogens is 1. The van der Waals surface area contributed by atoms with Gasteiger partial charge in [0.2, 0.25) is 0 Å². The van der Waals surface area contributed by atoms with E-state index in [1.54, 1.807) is 13.8 Å². The minimum atomic E-state index is -0.682. The van der Waals surface area contributed by atoms with Crippen LogP contribution in [-0.2, 0) is 9.47 Å². The van der Waals surface area contributed by atoms with Gasteiger partial charge in [-0.25, -0.2) is 0 Å². The minimum absolute atomic E-state index is 0.0694. The predicted molar refractivity (Wildman–Crippen MR) is 44.8 cm³/mol. The Kier molecular flexibility index (Phi) is 2.94. The van der Waals surface area contributed by atoms with Crippen LogP contribution >= 0.6 is 11.6 Å². The van der Waals surface area contributed by atoms with Crippen LogP contribution in [0.15, 0.2) is 0 Å². The Balaban J connectivity index is 2.60. The van der Waals surface area contributed by atoms with Crippen LogP contribution in [0.25, 0.3) is 0 Å². The molecule has 0 N–H and O–H groups in total. The molecular weight excluding hydrogens is 178 g/mol. The molecular formula is C8H12ClNO2. The zero-order valence-electron chi connectivity index (χ0n) is 7.21. The van der Waals surface area contributed by atoms with Gasteiger partial charge in [-0.2, -0.15) is 5.26 Å². The molecule has 3 nitrogen and oxygen atoms in total. The van der Waals surface area contributed by atoms with Gasteiger partial charge in [-0.05, 0) is 13.8 Å². The van der Waals surface area contributed by atoms with E-state index in [0.29, 0.717) is 12.3 Å². The summed E-state index contributed by atoms with van der Waals surface area (Å²) in [5, 5.41) is 8.66. The standard InChI is InChI=1S/C8H12ClNO2/c1-8(2)11-6(4-9)3-7(5-10)12-8/h6-7H,3-4H2,1-2H3/t6-,7+/m1/s1. The summed E-state index contributed by atoms with van der Waals surface area (Å²) in [6.07, 6.45) is 0.0984. The molecule has 1 saturated heterocycles. The molecule has 4 heteroatoms. The molecule has 2 atom stereocenters. The van der Waals surface area contributed by atoms with Crippen molar-refractivity contribution in [2.24, 2.45) is 0 Å². The van der Waals surface area contributed by atoms with Gasteiger partial charge in [0.1, 0.15) is 6.10 Å². The second-order valence-corrected chi connectivity index (χ2v) is 3.57. The number of ether oxygens (including phenoxy) is 2. The quantitative estimate of drug-likeness (QED) is 0.590. The van der Waals surface area contributed by atoms with Gasteiger partial charge < -0.3 is 9.47 Å². The summed E-state index contributed by atoms with van der Waals surface area (Å²) in [6.45, 7) is 3.58. The maximum Gasteiger partial charge on any atom is 0.164 e. The van der Waals surface area contributed by atoms with E-state index >= 15 is 0 Å². The summed E-state index contributed by atoms with van der Waals surface area (Å²) < 4.78 is 10.8. The van der Waals surface area contributed by atoms with E-state index in [1.165, 1.54) is 0 Å². The van der Waals surface area contributed by atoms with Crippen molar-refractivity contribution in [2.45, 2.75) is 38.3 Å². The average molecular weight is 190 g/mol. The second-order valence-electron chi connectivity index (χ2n) is 3.27. The number of rotatable bonds is 1. The molecule has 0 bridgehead atoms. The largest absolute Gasteiger partial charge is 0.346 e. The third-order valence-corrected chi connectivity index (χ3v) is 2.01. The number of nitriles is 1. The van der Waals surface area contributed by atoms with Crippen molar-refractivity contribution in [1.82, 2.24) is 0 Å². The summed E-state index contributed by atoms with van der Waals surface area (Å²) in [6, 6.07) is 2.06. The first-order chi connectivity index (χ1) is 5.57. The molecule has 0 radical (unpaired) electrons. The van der Waals surface area contributed by atoms with Crippen molar-refractivity contribution >= 4 is 11.6 Å². The Morgan fingerprint density at radius 2 is 2.25 bits per heavy atom. The molecule has 0 amide bonds. The third-order valence-electron chi connectivity index (χ3n) is 1.67. The summed E-state index contributed by atoms with van der Waals surface area (Å²) in [7, 11) is 0. The fourth-order valence-electron chi connectivity index (χ4n) is 1.28. The zero-order chi connectivity index (χ0) is 9.19. The molecule has 1 rings (SSSR count). The lowest BCUT2D eigenvalue weighted by molar-refractivity contribution is -0.284. The molecule has 1 heterocycles. The highest BCUT2D eigenvalue weighted by Gasteiger charge is 2.34. The summed E-state index contributed by atoms with van der Waals surface area (Å²) in [4.78, 5) is 0. The van der Waals surface area contributed by atoms with Crippen LogP contribution in [0.2, 0.25) is 0 Å². The lowest BCUT2D eigenvalue weighted by Crippen LogP contribution is -2.44. The van der Waals surface area contributed by atoms with E-state index in [9.17, 15) is 0 Å². The van der Waals surface area contributed by atoms with Gasteiger partial charge in [-0.15, -0.1) is 11.6 Å².